The molecule has 1 aromatic carbocycles. The number of carbonyl (C=O) groups excluding carboxylic acids is 3. The zero-order chi connectivity index (χ0) is 28.0. The molecule has 4 atom stereocenters. The first-order chi connectivity index (χ1) is 17.5. The Labute approximate surface area is 217 Å². The minimum absolute atomic E-state index is 0.0799. The summed E-state index contributed by atoms with van der Waals surface area (Å²) in [7, 11) is 0. The molecular weight excluding hydrogens is 486 g/mol. The highest BCUT2D eigenvalue weighted by molar-refractivity contribution is 5.75. The van der Waals surface area contributed by atoms with Crippen molar-refractivity contribution in [2.75, 3.05) is 13.2 Å². The smallest absolute Gasteiger partial charge is 0.480 e. The van der Waals surface area contributed by atoms with E-state index >= 15 is 0 Å². The molecule has 11 heteroatoms. The third kappa shape index (κ3) is 11.1. The number of nitrogens with two attached hydrogens (primary N) is 1. The van der Waals surface area contributed by atoms with Crippen LogP contribution in [0.4, 0.5) is 9.59 Å². The van der Waals surface area contributed by atoms with Gasteiger partial charge in [0.2, 0.25) is 0 Å². The lowest BCUT2D eigenvalue weighted by Crippen LogP contribution is -2.38. The van der Waals surface area contributed by atoms with Crippen molar-refractivity contribution in [3.05, 3.63) is 23.8 Å². The molecule has 3 N–H and O–H groups in total. The van der Waals surface area contributed by atoms with Crippen molar-refractivity contribution in [3.8, 4) is 11.5 Å². The first kappa shape index (κ1) is 31.7. The fourth-order valence-corrected chi connectivity index (χ4v) is 3.46. The molecule has 0 aliphatic heterocycles. The molecule has 11 nitrogen and oxygen atoms in total. The standard InChI is InChI=1S/C26H39NO10/c1-6-9-16(4)24(30)35-17(5)14-19(22(27)23(28)29)18-10-11-20(36-25(31)33-12-7-2)21(15-18)37-26(32)34-13-8-3/h10-11,15-17,19,22H,6-9,12-14,27H2,1-5H3,(H,28,29)/t16?,17?,19?,22-/m0/s1. The number of ether oxygens (including phenoxy) is 5. The molecule has 0 spiro atoms. The molecule has 1 rings (SSSR count). The molecule has 1 aromatic rings. The first-order valence-corrected chi connectivity index (χ1v) is 12.6. The van der Waals surface area contributed by atoms with Crippen LogP contribution in [0, 0.1) is 5.92 Å². The second kappa shape index (κ2) is 16.4. The van der Waals surface area contributed by atoms with Crippen LogP contribution >= 0.6 is 0 Å². The predicted molar refractivity (Wildman–Crippen MR) is 134 cm³/mol. The molecule has 208 valence electrons. The molecule has 0 saturated carbocycles. The maximum Gasteiger partial charge on any atom is 0.513 e. The molecule has 3 unspecified atom stereocenters. The summed E-state index contributed by atoms with van der Waals surface area (Å²) in [6, 6.07) is 2.81. The van der Waals surface area contributed by atoms with Crippen LogP contribution in [0.1, 0.15) is 78.2 Å². The molecule has 0 fully saturated rings. The van der Waals surface area contributed by atoms with Crippen LogP contribution in [-0.2, 0) is 23.8 Å². The van der Waals surface area contributed by atoms with Gasteiger partial charge in [0.25, 0.3) is 0 Å². The van der Waals surface area contributed by atoms with E-state index in [1.807, 2.05) is 13.8 Å². The zero-order valence-electron chi connectivity index (χ0n) is 22.2. The SMILES string of the molecule is CCCOC(=O)Oc1ccc(C(CC(C)OC(=O)C(C)CCC)[C@H](N)C(=O)O)cc1OC(=O)OCCC. The Morgan fingerprint density at radius 1 is 0.892 bits per heavy atom. The van der Waals surface area contributed by atoms with E-state index in [9.17, 15) is 24.3 Å². The summed E-state index contributed by atoms with van der Waals surface area (Å²) in [6.45, 7) is 9.25. The van der Waals surface area contributed by atoms with E-state index in [0.29, 0.717) is 24.8 Å². The third-order valence-corrected chi connectivity index (χ3v) is 5.38. The summed E-state index contributed by atoms with van der Waals surface area (Å²) in [5.41, 5.74) is 6.36. The van der Waals surface area contributed by atoms with Gasteiger partial charge in [0, 0.05) is 5.92 Å². The average Bonchev–Trinajstić information content (AvgIpc) is 2.85. The lowest BCUT2D eigenvalue weighted by molar-refractivity contribution is -0.153. The maximum atomic E-state index is 12.3. The van der Waals surface area contributed by atoms with E-state index in [0.717, 1.165) is 6.42 Å². The van der Waals surface area contributed by atoms with Gasteiger partial charge in [-0.05, 0) is 50.3 Å². The van der Waals surface area contributed by atoms with E-state index < -0.39 is 36.3 Å². The second-order valence-corrected chi connectivity index (χ2v) is 8.75. The van der Waals surface area contributed by atoms with Crippen LogP contribution in [0.15, 0.2) is 18.2 Å². The van der Waals surface area contributed by atoms with Crippen molar-refractivity contribution >= 4 is 24.2 Å². The van der Waals surface area contributed by atoms with E-state index in [-0.39, 0.29) is 43.0 Å². The molecule has 0 heterocycles. The lowest BCUT2D eigenvalue weighted by Gasteiger charge is -2.26. The summed E-state index contributed by atoms with van der Waals surface area (Å²) in [6.07, 6.45) is 0.0263. The monoisotopic (exact) mass is 525 g/mol. The van der Waals surface area contributed by atoms with E-state index in [2.05, 4.69) is 0 Å². The van der Waals surface area contributed by atoms with Gasteiger partial charge in [-0.3, -0.25) is 9.59 Å². The third-order valence-electron chi connectivity index (χ3n) is 5.38. The van der Waals surface area contributed by atoms with Crippen LogP contribution in [-0.4, -0.2) is 54.7 Å². The summed E-state index contributed by atoms with van der Waals surface area (Å²) in [5, 5.41) is 9.61. The molecule has 0 aromatic heterocycles. The minimum Gasteiger partial charge on any atom is -0.480 e. The Hall–Kier alpha value is -3.34. The summed E-state index contributed by atoms with van der Waals surface area (Å²) < 4.78 is 25.8. The van der Waals surface area contributed by atoms with Crippen LogP contribution < -0.4 is 15.2 Å². The highest BCUT2D eigenvalue weighted by Gasteiger charge is 2.30. The fourth-order valence-electron chi connectivity index (χ4n) is 3.46. The molecular formula is C26H39NO10. The van der Waals surface area contributed by atoms with Crippen LogP contribution in [0.25, 0.3) is 0 Å². The van der Waals surface area contributed by atoms with Gasteiger partial charge >= 0.3 is 24.2 Å². The van der Waals surface area contributed by atoms with Gasteiger partial charge in [-0.15, -0.1) is 0 Å². The molecule has 0 aliphatic rings. The molecule has 0 aliphatic carbocycles. The van der Waals surface area contributed by atoms with Crippen molar-refractivity contribution < 1.29 is 48.0 Å². The molecule has 0 amide bonds. The number of aliphatic carboxylic acids is 1. The largest absolute Gasteiger partial charge is 0.513 e. The van der Waals surface area contributed by atoms with Gasteiger partial charge in [0.15, 0.2) is 11.5 Å². The summed E-state index contributed by atoms with van der Waals surface area (Å²) in [5.74, 6) is -3.09. The van der Waals surface area contributed by atoms with Crippen LogP contribution in [0.2, 0.25) is 0 Å². The quantitative estimate of drug-likeness (QED) is 0.184. The van der Waals surface area contributed by atoms with Gasteiger partial charge in [-0.25, -0.2) is 9.59 Å². The molecule has 0 radical (unpaired) electrons. The predicted octanol–water partition coefficient (Wildman–Crippen LogP) is 4.79. The Morgan fingerprint density at radius 3 is 1.97 bits per heavy atom. The van der Waals surface area contributed by atoms with Crippen molar-refractivity contribution in [1.29, 1.82) is 0 Å². The Balaban J connectivity index is 3.27. The highest BCUT2D eigenvalue weighted by Crippen LogP contribution is 2.35. The number of esters is 1. The van der Waals surface area contributed by atoms with Crippen molar-refractivity contribution in [2.24, 2.45) is 11.7 Å². The molecule has 0 bridgehead atoms. The van der Waals surface area contributed by atoms with Gasteiger partial charge in [-0.1, -0.05) is 40.2 Å². The number of hydrogen-bond donors (Lipinski definition) is 2. The second-order valence-electron chi connectivity index (χ2n) is 8.75. The van der Waals surface area contributed by atoms with Crippen molar-refractivity contribution in [2.45, 2.75) is 84.8 Å². The topological polar surface area (TPSA) is 161 Å². The number of hydrogen-bond acceptors (Lipinski definition) is 10. The van der Waals surface area contributed by atoms with E-state index in [1.54, 1.807) is 20.8 Å². The number of benzene rings is 1. The summed E-state index contributed by atoms with van der Waals surface area (Å²) in [4.78, 5) is 48.2. The summed E-state index contributed by atoms with van der Waals surface area (Å²) >= 11 is 0. The number of carbonyl (C=O) groups is 4. The normalized spacial score (nSPS) is 14.0. The Morgan fingerprint density at radius 2 is 1.46 bits per heavy atom. The zero-order valence-corrected chi connectivity index (χ0v) is 22.2. The van der Waals surface area contributed by atoms with Gasteiger partial charge in [0.05, 0.1) is 25.2 Å². The first-order valence-electron chi connectivity index (χ1n) is 12.6. The van der Waals surface area contributed by atoms with E-state index in [4.69, 9.17) is 29.4 Å². The average molecular weight is 526 g/mol. The van der Waals surface area contributed by atoms with Gasteiger partial charge in [-0.2, -0.15) is 0 Å². The highest BCUT2D eigenvalue weighted by atomic mass is 16.7. The number of carboxylic acids is 1. The van der Waals surface area contributed by atoms with Crippen molar-refractivity contribution in [1.82, 2.24) is 0 Å². The minimum atomic E-state index is -1.37. The maximum absolute atomic E-state index is 12.3. The van der Waals surface area contributed by atoms with E-state index in [1.165, 1.54) is 18.2 Å². The Bertz CT molecular complexity index is 903. The number of carboxylic acid groups (broad SMARTS) is 1. The van der Waals surface area contributed by atoms with Crippen molar-refractivity contribution in [3.63, 3.8) is 0 Å². The van der Waals surface area contributed by atoms with Gasteiger partial charge in [0.1, 0.15) is 6.04 Å². The van der Waals surface area contributed by atoms with Crippen LogP contribution in [0.3, 0.4) is 0 Å². The molecule has 0 saturated heterocycles. The van der Waals surface area contributed by atoms with Crippen LogP contribution in [0.5, 0.6) is 11.5 Å². The molecule has 37 heavy (non-hydrogen) atoms. The Kier molecular flexibility index (Phi) is 14.1. The number of rotatable bonds is 15. The van der Waals surface area contributed by atoms with Gasteiger partial charge < -0.3 is 34.5 Å². The lowest BCUT2D eigenvalue weighted by atomic mass is 9.87. The fraction of sp³-hybridized carbons (Fsp3) is 0.615.